The molecule has 2 aliphatic heterocycles. The molecule has 0 bridgehead atoms. The Labute approximate surface area is 385 Å². The first-order chi connectivity index (χ1) is 31.6. The zero-order valence-corrected chi connectivity index (χ0v) is 38.9. The number of nitrogens with one attached hydrogen (secondary N) is 3. The van der Waals surface area contributed by atoms with E-state index in [1.54, 1.807) is 37.4 Å². The monoisotopic (exact) mass is 920 g/mol. The van der Waals surface area contributed by atoms with Crippen molar-refractivity contribution in [1.29, 1.82) is 0 Å². The molecule has 2 saturated heterocycles. The zero-order valence-electron chi connectivity index (χ0n) is 38.0. The third-order valence-electron chi connectivity index (χ3n) is 14.6. The summed E-state index contributed by atoms with van der Waals surface area (Å²) in [6.07, 6.45) is 11.4. The van der Waals surface area contributed by atoms with Crippen molar-refractivity contribution in [3.05, 3.63) is 106 Å². The summed E-state index contributed by atoms with van der Waals surface area (Å²) in [4.78, 5) is 41.5. The molecular weight excluding hydrogens is 861 g/mol. The van der Waals surface area contributed by atoms with Gasteiger partial charge < -0.3 is 29.8 Å². The Morgan fingerprint density at radius 2 is 1.79 bits per heavy atom. The lowest BCUT2D eigenvalue weighted by atomic mass is 9.59. The van der Waals surface area contributed by atoms with Gasteiger partial charge in [0.1, 0.15) is 22.0 Å². The largest absolute Gasteiger partial charge is 0.455 e. The molecule has 0 radical (unpaired) electrons. The molecule has 1 amide bonds. The van der Waals surface area contributed by atoms with Gasteiger partial charge in [-0.25, -0.2) is 23.1 Å². The van der Waals surface area contributed by atoms with E-state index in [4.69, 9.17) is 9.47 Å². The number of hydrogen-bond donors (Lipinski definition) is 4. The lowest BCUT2D eigenvalue weighted by Crippen LogP contribution is -2.59. The number of rotatable bonds is 13. The number of carbonyl (C=O) groups excluding carboxylic acids is 1. The molecule has 17 heteroatoms. The smallest absolute Gasteiger partial charge is 0.312 e. The second kappa shape index (κ2) is 18.2. The predicted molar refractivity (Wildman–Crippen MR) is 252 cm³/mol. The van der Waals surface area contributed by atoms with Crippen LogP contribution in [0.25, 0.3) is 11.0 Å². The van der Waals surface area contributed by atoms with Gasteiger partial charge in [-0.2, -0.15) is 0 Å². The average Bonchev–Trinajstić information content (AvgIpc) is 3.76. The van der Waals surface area contributed by atoms with Crippen molar-refractivity contribution >= 4 is 44.2 Å². The minimum atomic E-state index is -4.64. The van der Waals surface area contributed by atoms with Gasteiger partial charge in [0.2, 0.25) is 5.82 Å². The molecule has 350 valence electrons. The molecule has 5 heterocycles. The number of aliphatic hydroxyl groups is 1. The van der Waals surface area contributed by atoms with Crippen LogP contribution in [0.3, 0.4) is 0 Å². The number of anilines is 2. The molecule has 5 aromatic rings. The molecule has 4 aliphatic rings. The van der Waals surface area contributed by atoms with E-state index in [1.165, 1.54) is 17.3 Å². The molecular formula is C49H60N8O8S. The number of nitro groups is 1. The zero-order chi connectivity index (χ0) is 46.4. The Kier molecular flexibility index (Phi) is 12.6. The number of hydrogen-bond acceptors (Lipinski definition) is 13. The minimum Gasteiger partial charge on any atom is -0.455 e. The Bertz CT molecular complexity index is 2700. The van der Waals surface area contributed by atoms with Gasteiger partial charge in [-0.15, -0.1) is 0 Å². The molecule has 2 aromatic carbocycles. The summed E-state index contributed by atoms with van der Waals surface area (Å²) in [5.41, 5.74) is 3.18. The van der Waals surface area contributed by atoms with Gasteiger partial charge >= 0.3 is 5.69 Å². The quantitative estimate of drug-likeness (QED) is 0.0647. The van der Waals surface area contributed by atoms with E-state index in [-0.39, 0.29) is 40.6 Å². The van der Waals surface area contributed by atoms with E-state index < -0.39 is 37.0 Å². The average molecular weight is 921 g/mol. The number of pyridine rings is 2. The molecule has 16 nitrogen and oxygen atoms in total. The summed E-state index contributed by atoms with van der Waals surface area (Å²) in [6.45, 7) is 12.2. The molecule has 9 rings (SSSR count). The van der Waals surface area contributed by atoms with Crippen molar-refractivity contribution in [2.24, 2.45) is 11.3 Å². The number of morpholine rings is 1. The molecule has 66 heavy (non-hydrogen) atoms. The molecule has 1 spiro atoms. The van der Waals surface area contributed by atoms with E-state index in [1.807, 2.05) is 6.07 Å². The van der Waals surface area contributed by atoms with Crippen molar-refractivity contribution in [3.63, 3.8) is 0 Å². The third-order valence-corrected chi connectivity index (χ3v) is 15.9. The van der Waals surface area contributed by atoms with E-state index in [0.29, 0.717) is 42.7 Å². The van der Waals surface area contributed by atoms with Crippen LogP contribution in [0.4, 0.5) is 17.2 Å². The fraction of sp³-hybridized carbons (Fsp3) is 0.490. The number of amides is 1. The van der Waals surface area contributed by atoms with Gasteiger partial charge in [-0.05, 0) is 118 Å². The maximum absolute atomic E-state index is 14.0. The lowest BCUT2D eigenvalue weighted by molar-refractivity contribution is -0.384. The number of carbonyl (C=O) groups is 1. The maximum Gasteiger partial charge on any atom is 0.312 e. The normalized spacial score (nSPS) is 23.7. The first-order valence-electron chi connectivity index (χ1n) is 23.2. The van der Waals surface area contributed by atoms with Crippen LogP contribution >= 0.6 is 0 Å². The van der Waals surface area contributed by atoms with Crippen LogP contribution in [-0.2, 0) is 14.8 Å². The summed E-state index contributed by atoms with van der Waals surface area (Å²) in [5.74, 6) is 0.00762. The number of piperidine rings is 1. The molecule has 3 aromatic heterocycles. The molecule has 2 aliphatic carbocycles. The standard InChI is InChI=1S/C49H60N8O8S/c1-31(2)39-7-5-6-8-40(39)44-32(3)64-22-21-56(44)36-26-49(27-36)16-19-55(20-17-49)35-9-10-41(43(24-35)65-37-23-34-13-18-50-45(34)52-29-37)47(58)54-66(62,63)38-25-42(57(60)61)46(53-30-38)51-28-33-11-14-48(4,59)15-12-33/h5-10,13,18,23-25,29-33,36,44,59H,11-12,14-17,19-22,26-28H2,1-4H3,(H,50,52)(H,51,53)(H,54,58)/t32?,33?,44-,48?/m0/s1. The van der Waals surface area contributed by atoms with Crippen LogP contribution in [0.1, 0.15) is 113 Å². The Hall–Kier alpha value is -5.62. The number of nitrogens with zero attached hydrogens (tertiary/aromatic N) is 5. The summed E-state index contributed by atoms with van der Waals surface area (Å²) >= 11 is 0. The first kappa shape index (κ1) is 45.5. The van der Waals surface area contributed by atoms with Crippen LogP contribution in [0.2, 0.25) is 0 Å². The summed E-state index contributed by atoms with van der Waals surface area (Å²) in [6, 6.07) is 19.1. The second-order valence-electron chi connectivity index (χ2n) is 19.5. The molecule has 1 unspecified atom stereocenters. The SMILES string of the molecule is CC(C)c1ccccc1[C@@H]1C(C)OCCN1C1CC2(CCN(c3ccc(C(=O)NS(=O)(=O)c4cnc(NCC5CCC(C)(O)CC5)c([N+](=O)[O-])c4)c(Oc4cnc5[nH]ccc5c4)c3)CC2)C1. The van der Waals surface area contributed by atoms with E-state index >= 15 is 0 Å². The van der Waals surface area contributed by atoms with Crippen LogP contribution in [0, 0.1) is 21.4 Å². The predicted octanol–water partition coefficient (Wildman–Crippen LogP) is 8.46. The van der Waals surface area contributed by atoms with Crippen LogP contribution < -0.4 is 19.7 Å². The molecule has 4 N–H and O–H groups in total. The first-order valence-corrected chi connectivity index (χ1v) is 24.7. The van der Waals surface area contributed by atoms with Crippen molar-refractivity contribution in [2.75, 3.05) is 43.0 Å². The third kappa shape index (κ3) is 9.48. The topological polar surface area (TPSA) is 205 Å². The minimum absolute atomic E-state index is 0.0488. The highest BCUT2D eigenvalue weighted by Gasteiger charge is 2.50. The van der Waals surface area contributed by atoms with Crippen molar-refractivity contribution in [3.8, 4) is 11.5 Å². The van der Waals surface area contributed by atoms with Crippen LogP contribution in [0.5, 0.6) is 11.5 Å². The van der Waals surface area contributed by atoms with Crippen LogP contribution in [0.15, 0.2) is 84.1 Å². The summed E-state index contributed by atoms with van der Waals surface area (Å²) in [5, 5.41) is 26.2. The van der Waals surface area contributed by atoms with E-state index in [0.717, 1.165) is 88.1 Å². The van der Waals surface area contributed by atoms with Gasteiger partial charge in [0.05, 0.1) is 47.2 Å². The number of fused-ring (bicyclic) bond motifs is 1. The Morgan fingerprint density at radius 3 is 2.53 bits per heavy atom. The highest BCUT2D eigenvalue weighted by molar-refractivity contribution is 7.90. The van der Waals surface area contributed by atoms with Crippen molar-refractivity contribution < 1.29 is 32.7 Å². The highest BCUT2D eigenvalue weighted by Crippen LogP contribution is 2.54. The highest BCUT2D eigenvalue weighted by atomic mass is 32.2. The molecule has 4 fully saturated rings. The van der Waals surface area contributed by atoms with Gasteiger partial charge in [-0.1, -0.05) is 38.1 Å². The van der Waals surface area contributed by atoms with Gasteiger partial charge in [-0.3, -0.25) is 19.8 Å². The number of benzene rings is 2. The number of H-pyrrole nitrogens is 1. The maximum atomic E-state index is 14.0. The molecule has 2 atom stereocenters. The fourth-order valence-corrected chi connectivity index (χ4v) is 11.7. The lowest BCUT2D eigenvalue weighted by Gasteiger charge is -2.58. The molecule has 2 saturated carbocycles. The van der Waals surface area contributed by atoms with Crippen LogP contribution in [-0.4, -0.2) is 94.7 Å². The number of ether oxygens (including phenoxy) is 2. The van der Waals surface area contributed by atoms with Crippen molar-refractivity contribution in [1.82, 2.24) is 24.6 Å². The summed E-state index contributed by atoms with van der Waals surface area (Å²) < 4.78 is 42.1. The van der Waals surface area contributed by atoms with E-state index in [2.05, 4.69) is 79.8 Å². The summed E-state index contributed by atoms with van der Waals surface area (Å²) in [7, 11) is -4.64. The van der Waals surface area contributed by atoms with Gasteiger partial charge in [0.25, 0.3) is 15.9 Å². The number of aromatic amines is 1. The van der Waals surface area contributed by atoms with E-state index in [9.17, 15) is 28.4 Å². The van der Waals surface area contributed by atoms with Gasteiger partial charge in [0, 0.05) is 61.6 Å². The number of aromatic nitrogens is 3. The van der Waals surface area contributed by atoms with Gasteiger partial charge in [0.15, 0.2) is 0 Å². The number of sulfonamides is 1. The Balaban J connectivity index is 0.901. The fourth-order valence-electron chi connectivity index (χ4n) is 10.7. The van der Waals surface area contributed by atoms with Crippen molar-refractivity contribution in [2.45, 2.75) is 114 Å². The Morgan fingerprint density at radius 1 is 1.03 bits per heavy atom. The second-order valence-corrected chi connectivity index (χ2v) is 21.2.